The minimum atomic E-state index is -0.566. The number of esters is 1. The highest BCUT2D eigenvalue weighted by atomic mass is 35.5. The lowest BCUT2D eigenvalue weighted by Gasteiger charge is -2.38. The summed E-state index contributed by atoms with van der Waals surface area (Å²) in [6.45, 7) is 0. The molecular formula is C23H21ClN2O3. The van der Waals surface area contributed by atoms with E-state index in [-0.39, 0.29) is 17.8 Å². The third-order valence-electron chi connectivity index (χ3n) is 5.36. The minimum absolute atomic E-state index is 0.0249. The zero-order valence-corrected chi connectivity index (χ0v) is 16.7. The average Bonchev–Trinajstić information content (AvgIpc) is 3.15. The molecule has 1 N–H and O–H groups in total. The number of nitrogens with zero attached hydrogens (tertiary/aromatic N) is 1. The Kier molecular flexibility index (Phi) is 5.41. The molecule has 2 atom stereocenters. The second-order valence-corrected chi connectivity index (χ2v) is 7.54. The van der Waals surface area contributed by atoms with E-state index in [1.165, 1.54) is 13.2 Å². The van der Waals surface area contributed by atoms with Crippen molar-refractivity contribution in [3.8, 4) is 0 Å². The van der Waals surface area contributed by atoms with Crippen LogP contribution in [0.15, 0.2) is 67.0 Å². The quantitative estimate of drug-likeness (QED) is 0.634. The average molecular weight is 409 g/mol. The van der Waals surface area contributed by atoms with Gasteiger partial charge >= 0.3 is 5.97 Å². The van der Waals surface area contributed by atoms with E-state index in [2.05, 4.69) is 4.98 Å². The molecule has 0 fully saturated rings. The number of H-pyrrole nitrogens is 1. The van der Waals surface area contributed by atoms with Crippen LogP contribution in [-0.2, 0) is 20.7 Å². The van der Waals surface area contributed by atoms with Crippen molar-refractivity contribution in [2.45, 2.75) is 24.9 Å². The van der Waals surface area contributed by atoms with Crippen molar-refractivity contribution in [1.82, 2.24) is 9.88 Å². The number of methoxy groups -OCH3 is 1. The molecule has 1 aliphatic heterocycles. The first-order valence-corrected chi connectivity index (χ1v) is 9.81. The Balaban J connectivity index is 1.72. The van der Waals surface area contributed by atoms with Crippen LogP contribution in [0.4, 0.5) is 0 Å². The van der Waals surface area contributed by atoms with Crippen molar-refractivity contribution in [2.75, 3.05) is 7.11 Å². The van der Waals surface area contributed by atoms with Gasteiger partial charge < -0.3 is 14.6 Å². The minimum Gasteiger partial charge on any atom is -0.467 e. The first-order valence-electron chi connectivity index (χ1n) is 9.43. The number of fused-ring (bicyclic) bond motifs is 1. The number of benzene rings is 2. The number of carbonyl (C=O) groups excluding carboxylic acids is 2. The van der Waals surface area contributed by atoms with Crippen LogP contribution in [0.2, 0.25) is 5.02 Å². The van der Waals surface area contributed by atoms with Gasteiger partial charge in [-0.2, -0.15) is 0 Å². The number of rotatable bonds is 5. The predicted molar refractivity (Wildman–Crippen MR) is 113 cm³/mol. The third-order valence-corrected chi connectivity index (χ3v) is 5.62. The lowest BCUT2D eigenvalue weighted by molar-refractivity contribution is -0.147. The number of allylic oxidation sites excluding steroid dienone is 1. The summed E-state index contributed by atoms with van der Waals surface area (Å²) >= 11 is 6.03. The molecule has 0 saturated carbocycles. The zero-order valence-electron chi connectivity index (χ0n) is 16.0. The summed E-state index contributed by atoms with van der Waals surface area (Å²) in [5.74, 6) is -0.315. The molecule has 0 spiro atoms. The van der Waals surface area contributed by atoms with Gasteiger partial charge in [-0.05, 0) is 35.4 Å². The van der Waals surface area contributed by atoms with Gasteiger partial charge in [-0.3, -0.25) is 4.79 Å². The highest BCUT2D eigenvalue weighted by molar-refractivity contribution is 6.30. The Bertz CT molecular complexity index is 1070. The molecule has 6 heteroatoms. The van der Waals surface area contributed by atoms with Crippen molar-refractivity contribution in [2.24, 2.45) is 0 Å². The van der Waals surface area contributed by atoms with Gasteiger partial charge in [0.25, 0.3) is 0 Å². The van der Waals surface area contributed by atoms with Gasteiger partial charge in [0, 0.05) is 41.2 Å². The van der Waals surface area contributed by atoms with Gasteiger partial charge in [-0.15, -0.1) is 0 Å². The molecule has 148 valence electrons. The normalized spacial score (nSPS) is 17.5. The SMILES string of the molecule is COC(=O)[C@H](Cc1c[nH]c2ccccc12)N1C=CC(=O)C[C@H]1c1ccc(Cl)cc1. The van der Waals surface area contributed by atoms with Crippen molar-refractivity contribution in [3.63, 3.8) is 0 Å². The van der Waals surface area contributed by atoms with Gasteiger partial charge in [-0.25, -0.2) is 4.79 Å². The topological polar surface area (TPSA) is 62.4 Å². The summed E-state index contributed by atoms with van der Waals surface area (Å²) < 4.78 is 5.13. The van der Waals surface area contributed by atoms with E-state index in [1.54, 1.807) is 18.3 Å². The van der Waals surface area contributed by atoms with E-state index in [4.69, 9.17) is 16.3 Å². The maximum Gasteiger partial charge on any atom is 0.328 e. The van der Waals surface area contributed by atoms with E-state index in [9.17, 15) is 9.59 Å². The number of ether oxygens (including phenoxy) is 1. The standard InChI is InChI=1S/C23H21ClN2O3/c1-29-23(28)22(12-16-14-25-20-5-3-2-4-19(16)20)26-11-10-18(27)13-21(26)15-6-8-17(24)9-7-15/h2-11,14,21-22,25H,12-13H2,1H3/t21-,22-/m0/s1. The molecule has 0 amide bonds. The number of carbonyl (C=O) groups is 2. The maximum absolute atomic E-state index is 12.8. The summed E-state index contributed by atoms with van der Waals surface area (Å²) in [6, 6.07) is 14.5. The number of aromatic amines is 1. The summed E-state index contributed by atoms with van der Waals surface area (Å²) in [4.78, 5) is 30.1. The van der Waals surface area contributed by atoms with Crippen LogP contribution in [0.3, 0.4) is 0 Å². The molecule has 0 radical (unpaired) electrons. The summed E-state index contributed by atoms with van der Waals surface area (Å²) in [7, 11) is 1.39. The van der Waals surface area contributed by atoms with Crippen LogP contribution in [0, 0.1) is 0 Å². The van der Waals surface area contributed by atoms with E-state index in [1.807, 2.05) is 47.5 Å². The lowest BCUT2D eigenvalue weighted by atomic mass is 9.93. The Morgan fingerprint density at radius 2 is 2.00 bits per heavy atom. The number of hydrogen-bond donors (Lipinski definition) is 1. The first kappa shape index (κ1) is 19.3. The number of aromatic nitrogens is 1. The van der Waals surface area contributed by atoms with Crippen molar-refractivity contribution in [1.29, 1.82) is 0 Å². The van der Waals surface area contributed by atoms with E-state index < -0.39 is 6.04 Å². The Labute approximate surface area is 173 Å². The molecule has 3 aromatic rings. The second kappa shape index (κ2) is 8.13. The van der Waals surface area contributed by atoms with Crippen molar-refractivity contribution < 1.29 is 14.3 Å². The number of nitrogens with one attached hydrogen (secondary N) is 1. The molecular weight excluding hydrogens is 388 g/mol. The predicted octanol–water partition coefficient (Wildman–Crippen LogP) is 4.44. The van der Waals surface area contributed by atoms with Gasteiger partial charge in [-0.1, -0.05) is 41.9 Å². The van der Waals surface area contributed by atoms with E-state index >= 15 is 0 Å². The molecule has 2 heterocycles. The van der Waals surface area contributed by atoms with Crippen molar-refractivity contribution in [3.05, 3.63) is 83.2 Å². The molecule has 1 aliphatic rings. The smallest absolute Gasteiger partial charge is 0.328 e. The highest BCUT2D eigenvalue weighted by Crippen LogP contribution is 2.33. The van der Waals surface area contributed by atoms with Crippen molar-refractivity contribution >= 4 is 34.3 Å². The molecule has 2 aromatic carbocycles. The number of para-hydroxylation sites is 1. The molecule has 0 saturated heterocycles. The zero-order chi connectivity index (χ0) is 20.4. The molecule has 5 nitrogen and oxygen atoms in total. The summed E-state index contributed by atoms with van der Waals surface area (Å²) in [5.41, 5.74) is 2.97. The van der Waals surface area contributed by atoms with Crippen LogP contribution >= 0.6 is 11.6 Å². The van der Waals surface area contributed by atoms with Gasteiger partial charge in [0.1, 0.15) is 6.04 Å². The Morgan fingerprint density at radius 1 is 1.24 bits per heavy atom. The summed E-state index contributed by atoms with van der Waals surface area (Å²) in [5, 5.41) is 1.70. The van der Waals surface area contributed by atoms with Gasteiger partial charge in [0.2, 0.25) is 0 Å². The molecule has 0 unspecified atom stereocenters. The van der Waals surface area contributed by atoms with Gasteiger partial charge in [0.15, 0.2) is 5.78 Å². The Morgan fingerprint density at radius 3 is 2.76 bits per heavy atom. The summed E-state index contributed by atoms with van der Waals surface area (Å²) in [6.07, 6.45) is 5.91. The lowest BCUT2D eigenvalue weighted by Crippen LogP contribution is -2.44. The molecule has 0 aliphatic carbocycles. The molecule has 4 rings (SSSR count). The van der Waals surface area contributed by atoms with E-state index in [0.717, 1.165) is 22.0 Å². The highest BCUT2D eigenvalue weighted by Gasteiger charge is 2.34. The number of halogens is 1. The second-order valence-electron chi connectivity index (χ2n) is 7.10. The first-order chi connectivity index (χ1) is 14.1. The van der Waals surface area contributed by atoms with Crippen LogP contribution in [-0.4, -0.2) is 34.8 Å². The molecule has 0 bridgehead atoms. The third kappa shape index (κ3) is 3.91. The van der Waals surface area contributed by atoms with Crippen LogP contribution in [0.1, 0.15) is 23.6 Å². The van der Waals surface area contributed by atoms with Crippen LogP contribution in [0.5, 0.6) is 0 Å². The molecule has 29 heavy (non-hydrogen) atoms. The number of ketones is 1. The Hall–Kier alpha value is -3.05. The maximum atomic E-state index is 12.8. The fourth-order valence-corrected chi connectivity index (χ4v) is 4.01. The van der Waals surface area contributed by atoms with Crippen LogP contribution < -0.4 is 0 Å². The van der Waals surface area contributed by atoms with Crippen LogP contribution in [0.25, 0.3) is 10.9 Å². The fourth-order valence-electron chi connectivity index (χ4n) is 3.89. The number of hydrogen-bond acceptors (Lipinski definition) is 4. The monoisotopic (exact) mass is 408 g/mol. The fraction of sp³-hybridized carbons (Fsp3) is 0.217. The van der Waals surface area contributed by atoms with Gasteiger partial charge in [0.05, 0.1) is 13.2 Å². The van der Waals surface area contributed by atoms with E-state index in [0.29, 0.717) is 17.9 Å². The molecule has 1 aromatic heterocycles. The largest absolute Gasteiger partial charge is 0.467 e.